The van der Waals surface area contributed by atoms with Crippen LogP contribution < -0.4 is 11.3 Å². The Labute approximate surface area is 114 Å². The van der Waals surface area contributed by atoms with Crippen molar-refractivity contribution in [1.82, 2.24) is 5.43 Å². The number of benzene rings is 1. The summed E-state index contributed by atoms with van der Waals surface area (Å²) in [6.45, 7) is 2.07. The monoisotopic (exact) mass is 282 g/mol. The number of thiophene rings is 1. The quantitative estimate of drug-likeness (QED) is 0.501. The molecule has 0 bridgehead atoms. The number of nitrogens with one attached hydrogen (secondary N) is 1. The van der Waals surface area contributed by atoms with Crippen molar-refractivity contribution >= 4 is 23.1 Å². The number of rotatable bonds is 5. The molecule has 2 nitrogen and oxygen atoms in total. The van der Waals surface area contributed by atoms with Gasteiger partial charge in [-0.25, -0.2) is 4.39 Å². The van der Waals surface area contributed by atoms with E-state index >= 15 is 0 Å². The van der Waals surface area contributed by atoms with E-state index in [4.69, 9.17) is 5.84 Å². The molecule has 1 atom stereocenters. The first-order valence-electron chi connectivity index (χ1n) is 5.60. The highest BCUT2D eigenvalue weighted by Gasteiger charge is 2.12. The molecule has 1 unspecified atom stereocenters. The molecule has 5 heteroatoms. The molecule has 0 aliphatic carbocycles. The molecule has 2 aromatic rings. The number of hydrazine groups is 1. The summed E-state index contributed by atoms with van der Waals surface area (Å²) in [4.78, 5) is 3.39. The second-order valence-corrected chi connectivity index (χ2v) is 6.35. The lowest BCUT2D eigenvalue weighted by molar-refractivity contribution is 0.618. The van der Waals surface area contributed by atoms with E-state index in [0.717, 1.165) is 10.6 Å². The second-order valence-electron chi connectivity index (χ2n) is 3.94. The van der Waals surface area contributed by atoms with E-state index in [-0.39, 0.29) is 11.9 Å². The van der Waals surface area contributed by atoms with Gasteiger partial charge in [0.2, 0.25) is 0 Å². The number of thioether (sulfide) groups is 1. The number of halogens is 1. The van der Waals surface area contributed by atoms with Gasteiger partial charge in [0, 0.05) is 20.4 Å². The third-order valence-corrected chi connectivity index (χ3v) is 4.72. The van der Waals surface area contributed by atoms with Gasteiger partial charge < -0.3 is 0 Å². The molecule has 1 aromatic carbocycles. The molecule has 0 aliphatic heterocycles. The lowest BCUT2D eigenvalue weighted by atomic mass is 10.3. The minimum atomic E-state index is -0.204. The van der Waals surface area contributed by atoms with Gasteiger partial charge in [0.25, 0.3) is 0 Å². The van der Waals surface area contributed by atoms with E-state index in [1.807, 2.05) is 6.07 Å². The fourth-order valence-corrected chi connectivity index (χ4v) is 3.64. The molecule has 0 amide bonds. The Balaban J connectivity index is 1.99. The molecule has 1 heterocycles. The van der Waals surface area contributed by atoms with Gasteiger partial charge >= 0.3 is 0 Å². The number of aryl methyl sites for hydroxylation is 1. The predicted molar refractivity (Wildman–Crippen MR) is 76.2 cm³/mol. The van der Waals surface area contributed by atoms with Crippen molar-refractivity contribution in [2.45, 2.75) is 17.9 Å². The summed E-state index contributed by atoms with van der Waals surface area (Å²) < 4.78 is 13.0. The summed E-state index contributed by atoms with van der Waals surface area (Å²) in [5, 5.41) is 0. The van der Waals surface area contributed by atoms with Gasteiger partial charge in [0.05, 0.1) is 6.04 Å². The summed E-state index contributed by atoms with van der Waals surface area (Å²) in [5.74, 6) is 6.15. The summed E-state index contributed by atoms with van der Waals surface area (Å²) in [5.41, 5.74) is 2.81. The van der Waals surface area contributed by atoms with E-state index in [9.17, 15) is 4.39 Å². The summed E-state index contributed by atoms with van der Waals surface area (Å²) in [7, 11) is 0. The lowest BCUT2D eigenvalue weighted by Crippen LogP contribution is -2.29. The zero-order chi connectivity index (χ0) is 13.0. The largest absolute Gasteiger partial charge is 0.271 e. The molecule has 3 N–H and O–H groups in total. The Bertz CT molecular complexity index is 513. The van der Waals surface area contributed by atoms with Crippen LogP contribution >= 0.6 is 23.1 Å². The van der Waals surface area contributed by atoms with E-state index in [1.165, 1.54) is 21.9 Å². The Hall–Kier alpha value is -0.880. The third kappa shape index (κ3) is 3.55. The molecule has 0 spiro atoms. The molecule has 0 aliphatic rings. The first kappa shape index (κ1) is 13.5. The van der Waals surface area contributed by atoms with E-state index in [0.29, 0.717) is 0 Å². The maximum absolute atomic E-state index is 13.0. The van der Waals surface area contributed by atoms with Crippen molar-refractivity contribution in [2.75, 3.05) is 5.75 Å². The highest BCUT2D eigenvalue weighted by Crippen LogP contribution is 2.28. The van der Waals surface area contributed by atoms with Gasteiger partial charge in [-0.2, -0.15) is 0 Å². The molecular weight excluding hydrogens is 267 g/mol. The molecule has 0 fully saturated rings. The fourth-order valence-electron chi connectivity index (χ4n) is 1.59. The Morgan fingerprint density at radius 3 is 2.83 bits per heavy atom. The second kappa shape index (κ2) is 6.33. The Morgan fingerprint density at radius 2 is 2.22 bits per heavy atom. The average molecular weight is 282 g/mol. The summed E-state index contributed by atoms with van der Waals surface area (Å²) in [6.07, 6.45) is 0. The molecule has 0 radical (unpaired) electrons. The van der Waals surface area contributed by atoms with Crippen molar-refractivity contribution in [3.63, 3.8) is 0 Å². The molecule has 18 heavy (non-hydrogen) atoms. The Kier molecular flexibility index (Phi) is 4.77. The average Bonchev–Trinajstić information content (AvgIpc) is 2.77. The standard InChI is InChI=1S/C13H15FN2S2/c1-9-5-6-13(18-9)12(16-15)8-17-11-4-2-3-10(14)7-11/h2-7,12,16H,8,15H2,1H3. The maximum Gasteiger partial charge on any atom is 0.124 e. The Morgan fingerprint density at radius 1 is 1.39 bits per heavy atom. The summed E-state index contributed by atoms with van der Waals surface area (Å²) in [6, 6.07) is 10.9. The topological polar surface area (TPSA) is 38.0 Å². The minimum Gasteiger partial charge on any atom is -0.271 e. The number of hydrogen-bond acceptors (Lipinski definition) is 4. The van der Waals surface area contributed by atoms with Gasteiger partial charge in [0.15, 0.2) is 0 Å². The van der Waals surface area contributed by atoms with Crippen LogP contribution in [0.3, 0.4) is 0 Å². The van der Waals surface area contributed by atoms with Gasteiger partial charge in [0.1, 0.15) is 5.82 Å². The van der Waals surface area contributed by atoms with Crippen LogP contribution in [0.4, 0.5) is 4.39 Å². The van der Waals surface area contributed by atoms with E-state index in [1.54, 1.807) is 29.2 Å². The van der Waals surface area contributed by atoms with Gasteiger partial charge in [-0.15, -0.1) is 23.1 Å². The highest BCUT2D eigenvalue weighted by atomic mass is 32.2. The van der Waals surface area contributed by atoms with Crippen LogP contribution in [0.2, 0.25) is 0 Å². The first-order chi connectivity index (χ1) is 8.69. The van der Waals surface area contributed by atoms with Crippen LogP contribution in [0.15, 0.2) is 41.3 Å². The smallest absolute Gasteiger partial charge is 0.124 e. The van der Waals surface area contributed by atoms with Crippen molar-refractivity contribution in [2.24, 2.45) is 5.84 Å². The summed E-state index contributed by atoms with van der Waals surface area (Å²) >= 11 is 3.32. The van der Waals surface area contributed by atoms with Crippen molar-refractivity contribution in [3.8, 4) is 0 Å². The van der Waals surface area contributed by atoms with Crippen LogP contribution in [0.25, 0.3) is 0 Å². The molecule has 0 saturated heterocycles. The molecule has 0 saturated carbocycles. The maximum atomic E-state index is 13.0. The van der Waals surface area contributed by atoms with Crippen molar-refractivity contribution in [1.29, 1.82) is 0 Å². The van der Waals surface area contributed by atoms with Gasteiger partial charge in [-0.3, -0.25) is 11.3 Å². The highest BCUT2D eigenvalue weighted by molar-refractivity contribution is 7.99. The van der Waals surface area contributed by atoms with Crippen LogP contribution in [-0.4, -0.2) is 5.75 Å². The van der Waals surface area contributed by atoms with E-state index < -0.39 is 0 Å². The fraction of sp³-hybridized carbons (Fsp3) is 0.231. The normalized spacial score (nSPS) is 12.6. The first-order valence-corrected chi connectivity index (χ1v) is 7.40. The van der Waals surface area contributed by atoms with Crippen LogP contribution in [-0.2, 0) is 0 Å². The lowest BCUT2D eigenvalue weighted by Gasteiger charge is -2.13. The van der Waals surface area contributed by atoms with Crippen LogP contribution in [0.5, 0.6) is 0 Å². The predicted octanol–water partition coefficient (Wildman–Crippen LogP) is 3.49. The third-order valence-electron chi connectivity index (χ3n) is 2.52. The zero-order valence-electron chi connectivity index (χ0n) is 10.0. The van der Waals surface area contributed by atoms with Gasteiger partial charge in [-0.05, 0) is 37.3 Å². The van der Waals surface area contributed by atoms with Crippen molar-refractivity contribution in [3.05, 3.63) is 52.0 Å². The van der Waals surface area contributed by atoms with Crippen LogP contribution in [0.1, 0.15) is 15.8 Å². The minimum absolute atomic E-state index is 0.0944. The number of hydrogen-bond donors (Lipinski definition) is 2. The molecule has 96 valence electrons. The number of nitrogens with two attached hydrogens (primary N) is 1. The van der Waals surface area contributed by atoms with Crippen molar-refractivity contribution < 1.29 is 4.39 Å². The molecule has 1 aromatic heterocycles. The van der Waals surface area contributed by atoms with Gasteiger partial charge in [-0.1, -0.05) is 6.07 Å². The van der Waals surface area contributed by atoms with E-state index in [2.05, 4.69) is 24.5 Å². The van der Waals surface area contributed by atoms with Crippen LogP contribution in [0, 0.1) is 12.7 Å². The molecule has 2 rings (SSSR count). The molecular formula is C13H15FN2S2. The zero-order valence-corrected chi connectivity index (χ0v) is 11.7. The SMILES string of the molecule is Cc1ccc(C(CSc2cccc(F)c2)NN)s1.